The molecule has 0 aliphatic heterocycles. The lowest BCUT2D eigenvalue weighted by atomic mass is 10.3. The van der Waals surface area contributed by atoms with Crippen LogP contribution in [0.1, 0.15) is 18.2 Å². The lowest BCUT2D eigenvalue weighted by molar-refractivity contribution is 0.0722. The van der Waals surface area contributed by atoms with Crippen LogP contribution < -0.4 is 4.74 Å². The topological polar surface area (TPSA) is 57.8 Å². The zero-order valence-corrected chi connectivity index (χ0v) is 16.9. The number of thioether (sulfide) groups is 1. The Bertz CT molecular complexity index is 1150. The van der Waals surface area contributed by atoms with Crippen LogP contribution >= 0.6 is 23.4 Å². The largest absolute Gasteiger partial charge is 0.484 e. The third-order valence-electron chi connectivity index (χ3n) is 4.31. The molecule has 150 valence electrons. The van der Waals surface area contributed by atoms with E-state index >= 15 is 0 Å². The van der Waals surface area contributed by atoms with Gasteiger partial charge in [0.25, 0.3) is 0 Å². The van der Waals surface area contributed by atoms with Gasteiger partial charge in [0.05, 0.1) is 21.8 Å². The molecule has 4 rings (SSSR count). The molecule has 0 saturated carbocycles. The molecule has 0 saturated heterocycles. The summed E-state index contributed by atoms with van der Waals surface area (Å²) in [5, 5.41) is 9.34. The van der Waals surface area contributed by atoms with E-state index in [0.29, 0.717) is 32.8 Å². The lowest BCUT2D eigenvalue weighted by Crippen LogP contribution is -2.05. The summed E-state index contributed by atoms with van der Waals surface area (Å²) in [6, 6.07) is 14.0. The Morgan fingerprint density at radius 2 is 1.83 bits per heavy atom. The number of hydrogen-bond acceptors (Lipinski definition) is 5. The summed E-state index contributed by atoms with van der Waals surface area (Å²) >= 11 is 7.37. The molecule has 0 unspecified atom stereocenters. The van der Waals surface area contributed by atoms with Gasteiger partial charge in [-0.1, -0.05) is 47.6 Å². The number of hydrogen-bond donors (Lipinski definition) is 0. The summed E-state index contributed by atoms with van der Waals surface area (Å²) in [6.45, 7) is -2.49. The minimum Gasteiger partial charge on any atom is -0.484 e. The highest BCUT2D eigenvalue weighted by atomic mass is 35.5. The van der Waals surface area contributed by atoms with Crippen LogP contribution in [0.5, 0.6) is 5.75 Å². The Morgan fingerprint density at radius 3 is 2.62 bits per heavy atom. The standard InChI is InChI=1S/C19H16ClF2N5OS/c1-26-16(10-28-15-9-5-2-6-12(15)20)24-25-19(26)29-11-17-23-13-7-3-4-8-14(13)27(17)18(21)22/h2-9,18H,10-11H2,1H3. The number of nitrogens with zero attached hydrogens (tertiary/aromatic N) is 5. The molecule has 0 amide bonds. The lowest BCUT2D eigenvalue weighted by Gasteiger charge is -2.08. The van der Waals surface area contributed by atoms with Crippen molar-refractivity contribution in [1.29, 1.82) is 0 Å². The van der Waals surface area contributed by atoms with Gasteiger partial charge in [-0.25, -0.2) is 4.98 Å². The number of para-hydroxylation sites is 3. The number of rotatable bonds is 7. The highest BCUT2D eigenvalue weighted by Crippen LogP contribution is 2.28. The Kier molecular flexibility index (Phi) is 5.68. The highest BCUT2D eigenvalue weighted by molar-refractivity contribution is 7.98. The van der Waals surface area contributed by atoms with Crippen molar-refractivity contribution in [2.24, 2.45) is 7.05 Å². The zero-order chi connectivity index (χ0) is 20.4. The van der Waals surface area contributed by atoms with E-state index in [-0.39, 0.29) is 18.2 Å². The molecule has 0 bridgehead atoms. The quantitative estimate of drug-likeness (QED) is 0.379. The molecule has 0 atom stereocenters. The first-order chi connectivity index (χ1) is 14.0. The van der Waals surface area contributed by atoms with Crippen LogP contribution in [0.2, 0.25) is 5.02 Å². The van der Waals surface area contributed by atoms with Crippen molar-refractivity contribution in [1.82, 2.24) is 24.3 Å². The first-order valence-electron chi connectivity index (χ1n) is 8.67. The minimum absolute atomic E-state index is 0.184. The predicted molar refractivity (Wildman–Crippen MR) is 107 cm³/mol. The van der Waals surface area contributed by atoms with Crippen LogP contribution in [0.3, 0.4) is 0 Å². The third kappa shape index (κ3) is 4.06. The van der Waals surface area contributed by atoms with E-state index in [4.69, 9.17) is 16.3 Å². The van der Waals surface area contributed by atoms with Crippen LogP contribution in [0.4, 0.5) is 8.78 Å². The van der Waals surface area contributed by atoms with Gasteiger partial charge in [-0.15, -0.1) is 10.2 Å². The summed E-state index contributed by atoms with van der Waals surface area (Å²) in [6.07, 6.45) is 0. The number of aromatic nitrogens is 5. The smallest absolute Gasteiger partial charge is 0.320 e. The second kappa shape index (κ2) is 8.38. The fourth-order valence-electron chi connectivity index (χ4n) is 2.84. The van der Waals surface area contributed by atoms with Crippen LogP contribution in [0.15, 0.2) is 53.7 Å². The maximum Gasteiger partial charge on any atom is 0.320 e. The van der Waals surface area contributed by atoms with E-state index in [1.54, 1.807) is 48.0 Å². The molecule has 4 aromatic rings. The van der Waals surface area contributed by atoms with Crippen molar-refractivity contribution in [2.45, 2.75) is 24.1 Å². The Labute approximate surface area is 174 Å². The van der Waals surface area contributed by atoms with Crippen LogP contribution in [-0.2, 0) is 19.4 Å². The molecule has 2 heterocycles. The van der Waals surface area contributed by atoms with E-state index in [0.717, 1.165) is 4.57 Å². The number of alkyl halides is 2. The molecule has 10 heteroatoms. The van der Waals surface area contributed by atoms with Gasteiger partial charge in [-0.3, -0.25) is 4.57 Å². The van der Waals surface area contributed by atoms with Crippen LogP contribution in [0, 0.1) is 0 Å². The highest BCUT2D eigenvalue weighted by Gasteiger charge is 2.19. The molecule has 29 heavy (non-hydrogen) atoms. The van der Waals surface area contributed by atoms with Crippen molar-refractivity contribution in [3.8, 4) is 5.75 Å². The summed E-state index contributed by atoms with van der Waals surface area (Å²) in [7, 11) is 1.80. The van der Waals surface area contributed by atoms with Gasteiger partial charge in [0, 0.05) is 7.05 Å². The molecular weight excluding hydrogens is 420 g/mol. The van der Waals surface area contributed by atoms with Crippen molar-refractivity contribution >= 4 is 34.4 Å². The Morgan fingerprint density at radius 1 is 1.07 bits per heavy atom. The summed E-state index contributed by atoms with van der Waals surface area (Å²) < 4.78 is 35.5. The molecule has 2 aromatic heterocycles. The van der Waals surface area contributed by atoms with Gasteiger partial charge < -0.3 is 9.30 Å². The molecular formula is C19H16ClF2N5OS. The fourth-order valence-corrected chi connectivity index (χ4v) is 3.89. The van der Waals surface area contributed by atoms with Crippen molar-refractivity contribution in [3.05, 3.63) is 65.2 Å². The van der Waals surface area contributed by atoms with Gasteiger partial charge >= 0.3 is 6.55 Å². The first-order valence-corrected chi connectivity index (χ1v) is 10.0. The molecule has 2 aromatic carbocycles. The van der Waals surface area contributed by atoms with Gasteiger partial charge in [0.2, 0.25) is 0 Å². The Balaban J connectivity index is 1.48. The Hall–Kier alpha value is -2.65. The number of benzene rings is 2. The average Bonchev–Trinajstić information content (AvgIpc) is 3.26. The van der Waals surface area contributed by atoms with E-state index < -0.39 is 6.55 Å². The monoisotopic (exact) mass is 435 g/mol. The second-order valence-electron chi connectivity index (χ2n) is 6.13. The summed E-state index contributed by atoms with van der Waals surface area (Å²) in [5.74, 6) is 1.66. The second-order valence-corrected chi connectivity index (χ2v) is 7.48. The van der Waals surface area contributed by atoms with Gasteiger partial charge in [0.1, 0.15) is 18.2 Å². The average molecular weight is 436 g/mol. The van der Waals surface area contributed by atoms with E-state index in [1.807, 2.05) is 12.1 Å². The SMILES string of the molecule is Cn1c(COc2ccccc2Cl)nnc1SCc1nc2ccccc2n1C(F)F. The molecule has 0 fully saturated rings. The molecule has 0 aliphatic rings. The normalized spacial score (nSPS) is 11.5. The van der Waals surface area contributed by atoms with Gasteiger partial charge in [0.15, 0.2) is 11.0 Å². The van der Waals surface area contributed by atoms with Gasteiger partial charge in [-0.05, 0) is 24.3 Å². The van der Waals surface area contributed by atoms with E-state index in [2.05, 4.69) is 15.2 Å². The maximum atomic E-state index is 13.5. The maximum absolute atomic E-state index is 13.5. The number of halogens is 3. The van der Waals surface area contributed by atoms with Crippen molar-refractivity contribution < 1.29 is 13.5 Å². The number of fused-ring (bicyclic) bond motifs is 1. The van der Waals surface area contributed by atoms with Crippen LogP contribution in [0.25, 0.3) is 11.0 Å². The van der Waals surface area contributed by atoms with E-state index in [1.165, 1.54) is 11.8 Å². The van der Waals surface area contributed by atoms with Crippen LogP contribution in [-0.4, -0.2) is 24.3 Å². The molecule has 0 aliphatic carbocycles. The zero-order valence-electron chi connectivity index (χ0n) is 15.3. The fraction of sp³-hybridized carbons (Fsp3) is 0.211. The van der Waals surface area contributed by atoms with Crippen molar-refractivity contribution in [3.63, 3.8) is 0 Å². The third-order valence-corrected chi connectivity index (χ3v) is 5.64. The summed E-state index contributed by atoms with van der Waals surface area (Å²) in [5.41, 5.74) is 0.945. The summed E-state index contributed by atoms with van der Waals surface area (Å²) in [4.78, 5) is 4.34. The van der Waals surface area contributed by atoms with E-state index in [9.17, 15) is 8.78 Å². The predicted octanol–water partition coefficient (Wildman–Crippen LogP) is 5.08. The number of imidazole rings is 1. The number of ether oxygens (including phenoxy) is 1. The molecule has 0 radical (unpaired) electrons. The molecule has 0 spiro atoms. The van der Waals surface area contributed by atoms with Gasteiger partial charge in [-0.2, -0.15) is 8.78 Å². The van der Waals surface area contributed by atoms with Crippen molar-refractivity contribution in [2.75, 3.05) is 0 Å². The minimum atomic E-state index is -2.67. The first kappa shape index (κ1) is 19.7. The molecule has 0 N–H and O–H groups in total. The molecule has 6 nitrogen and oxygen atoms in total.